The van der Waals surface area contributed by atoms with Gasteiger partial charge in [-0.25, -0.2) is 0 Å². The summed E-state index contributed by atoms with van der Waals surface area (Å²) in [4.78, 5) is 22.0. The predicted molar refractivity (Wildman–Crippen MR) is 72.2 cm³/mol. The fraction of sp³-hybridized carbons (Fsp3) is 0.300. The lowest BCUT2D eigenvalue weighted by Gasteiger charge is -2.07. The maximum absolute atomic E-state index is 11.8. The summed E-state index contributed by atoms with van der Waals surface area (Å²) in [5.74, 6) is 4.88. The number of benzene rings is 1. The van der Waals surface area contributed by atoms with Crippen LogP contribution in [0.2, 0.25) is 0 Å². The van der Waals surface area contributed by atoms with E-state index in [-0.39, 0.29) is 23.5 Å². The number of hydrazine groups is 1. The summed E-state index contributed by atoms with van der Waals surface area (Å²) >= 11 is 0. The van der Waals surface area contributed by atoms with Gasteiger partial charge in [0.15, 0.2) is 0 Å². The van der Waals surface area contributed by atoms with E-state index in [9.17, 15) is 19.1 Å². The number of carbonyl (C=O) groups is 1. The van der Waals surface area contributed by atoms with Crippen LogP contribution in [0.3, 0.4) is 0 Å². The predicted octanol–water partition coefficient (Wildman–Crippen LogP) is -0.0113. The van der Waals surface area contributed by atoms with Gasteiger partial charge in [-0.05, 0) is 12.1 Å². The van der Waals surface area contributed by atoms with Crippen molar-refractivity contribution in [2.24, 2.45) is 5.84 Å². The molecule has 0 fully saturated rings. The first-order valence-electron chi connectivity index (χ1n) is 5.29. The quantitative estimate of drug-likeness (QED) is 0.383. The fourth-order valence-corrected chi connectivity index (χ4v) is 1.76. The Bertz CT molecular complexity index is 520. The standard InChI is InChI=1S/C10H14N4O4S/c1-19(18)5-4-12-10(15)8-6-7(13-11)2-3-9(8)14(16)17/h2-3,6,13H,4-5,11H2,1H3,(H,12,15). The smallest absolute Gasteiger partial charge is 0.282 e. The number of nitrogens with one attached hydrogen (secondary N) is 2. The molecule has 19 heavy (non-hydrogen) atoms. The van der Waals surface area contributed by atoms with Crippen LogP contribution < -0.4 is 16.6 Å². The van der Waals surface area contributed by atoms with E-state index in [4.69, 9.17) is 5.84 Å². The topological polar surface area (TPSA) is 127 Å². The van der Waals surface area contributed by atoms with E-state index in [2.05, 4.69) is 10.7 Å². The Morgan fingerprint density at radius 2 is 2.21 bits per heavy atom. The van der Waals surface area contributed by atoms with Crippen molar-refractivity contribution in [3.05, 3.63) is 33.9 Å². The summed E-state index contributed by atoms with van der Waals surface area (Å²) < 4.78 is 10.9. The van der Waals surface area contributed by atoms with Crippen molar-refractivity contribution in [1.82, 2.24) is 5.32 Å². The van der Waals surface area contributed by atoms with Crippen LogP contribution in [0.25, 0.3) is 0 Å². The molecule has 0 aliphatic carbocycles. The molecular formula is C10H14N4O4S. The number of rotatable bonds is 6. The fourth-order valence-electron chi connectivity index (χ4n) is 1.37. The molecule has 0 aromatic heterocycles. The van der Waals surface area contributed by atoms with E-state index in [1.807, 2.05) is 0 Å². The van der Waals surface area contributed by atoms with E-state index >= 15 is 0 Å². The minimum absolute atomic E-state index is 0.0951. The molecule has 9 heteroatoms. The molecule has 1 aromatic carbocycles. The number of hydrogen-bond acceptors (Lipinski definition) is 6. The Morgan fingerprint density at radius 1 is 1.53 bits per heavy atom. The zero-order valence-corrected chi connectivity index (χ0v) is 11.0. The molecule has 0 bridgehead atoms. The minimum Gasteiger partial charge on any atom is -0.351 e. The van der Waals surface area contributed by atoms with E-state index in [0.29, 0.717) is 5.69 Å². The third-order valence-corrected chi connectivity index (χ3v) is 3.06. The van der Waals surface area contributed by atoms with Crippen molar-refractivity contribution in [1.29, 1.82) is 0 Å². The average molecular weight is 286 g/mol. The van der Waals surface area contributed by atoms with Crippen molar-refractivity contribution in [3.63, 3.8) is 0 Å². The number of amides is 1. The summed E-state index contributed by atoms with van der Waals surface area (Å²) in [6.45, 7) is 0.180. The highest BCUT2D eigenvalue weighted by Crippen LogP contribution is 2.22. The van der Waals surface area contributed by atoms with Crippen LogP contribution in [0.1, 0.15) is 10.4 Å². The lowest BCUT2D eigenvalue weighted by atomic mass is 10.1. The Kier molecular flexibility index (Phi) is 5.39. The molecule has 0 saturated carbocycles. The Morgan fingerprint density at radius 3 is 2.74 bits per heavy atom. The third kappa shape index (κ3) is 4.30. The first-order valence-corrected chi connectivity index (χ1v) is 7.01. The van der Waals surface area contributed by atoms with Gasteiger partial charge in [0.1, 0.15) is 5.56 Å². The van der Waals surface area contributed by atoms with Crippen LogP contribution in [0.4, 0.5) is 11.4 Å². The van der Waals surface area contributed by atoms with Gasteiger partial charge >= 0.3 is 0 Å². The number of nitrogens with two attached hydrogens (primary N) is 1. The van der Waals surface area contributed by atoms with E-state index < -0.39 is 21.6 Å². The van der Waals surface area contributed by atoms with E-state index in [1.54, 1.807) is 0 Å². The van der Waals surface area contributed by atoms with E-state index in [0.717, 1.165) is 0 Å². The number of nitrogens with zero attached hydrogens (tertiary/aromatic N) is 1. The minimum atomic E-state index is -1.04. The number of anilines is 1. The summed E-state index contributed by atoms with van der Waals surface area (Å²) in [6, 6.07) is 3.88. The average Bonchev–Trinajstić information content (AvgIpc) is 2.37. The highest BCUT2D eigenvalue weighted by Gasteiger charge is 2.20. The third-order valence-electron chi connectivity index (χ3n) is 2.28. The molecule has 4 N–H and O–H groups in total. The lowest BCUT2D eigenvalue weighted by molar-refractivity contribution is -0.385. The summed E-state index contributed by atoms with van der Waals surface area (Å²) in [5, 5.41) is 13.3. The first kappa shape index (κ1) is 15.1. The number of nitrogen functional groups attached to an aromatic ring is 1. The van der Waals surface area contributed by atoms with Gasteiger partial charge in [-0.15, -0.1) is 0 Å². The van der Waals surface area contributed by atoms with Crippen LogP contribution in [-0.4, -0.2) is 33.6 Å². The molecule has 0 radical (unpaired) electrons. The molecule has 0 aliphatic heterocycles. The van der Waals surface area contributed by atoms with Gasteiger partial charge in [-0.3, -0.25) is 25.0 Å². The first-order chi connectivity index (χ1) is 8.95. The normalized spacial score (nSPS) is 11.7. The maximum Gasteiger partial charge on any atom is 0.282 e. The summed E-state index contributed by atoms with van der Waals surface area (Å²) in [7, 11) is -1.04. The number of nitro groups is 1. The molecule has 0 spiro atoms. The van der Waals surface area contributed by atoms with E-state index in [1.165, 1.54) is 24.5 Å². The zero-order chi connectivity index (χ0) is 14.4. The second-order valence-electron chi connectivity index (χ2n) is 3.67. The molecule has 1 unspecified atom stereocenters. The van der Waals surface area contributed by atoms with Crippen molar-refractivity contribution in [3.8, 4) is 0 Å². The van der Waals surface area contributed by atoms with Gasteiger partial charge in [0.05, 0.1) is 4.92 Å². The summed E-state index contributed by atoms with van der Waals surface area (Å²) in [6.07, 6.45) is 1.51. The Labute approximate surface area is 111 Å². The van der Waals surface area contributed by atoms with Crippen molar-refractivity contribution in [2.45, 2.75) is 0 Å². The van der Waals surface area contributed by atoms with Gasteiger partial charge in [-0.2, -0.15) is 0 Å². The second kappa shape index (κ2) is 6.81. The monoisotopic (exact) mass is 286 g/mol. The van der Waals surface area contributed by atoms with Gasteiger partial charge in [0.2, 0.25) is 0 Å². The molecule has 1 rings (SSSR count). The van der Waals surface area contributed by atoms with Crippen molar-refractivity contribution < 1.29 is 13.9 Å². The highest BCUT2D eigenvalue weighted by atomic mass is 32.2. The molecule has 8 nitrogen and oxygen atoms in total. The van der Waals surface area contributed by atoms with Gasteiger partial charge in [-0.1, -0.05) is 0 Å². The molecule has 0 heterocycles. The molecule has 1 amide bonds. The molecular weight excluding hydrogens is 272 g/mol. The SMILES string of the molecule is CS(=O)CCNC(=O)c1cc(NN)ccc1[N+](=O)[O-]. The lowest BCUT2D eigenvalue weighted by Crippen LogP contribution is -2.28. The van der Waals surface area contributed by atoms with Crippen LogP contribution >= 0.6 is 0 Å². The molecule has 1 aromatic rings. The van der Waals surface area contributed by atoms with Crippen LogP contribution in [-0.2, 0) is 10.8 Å². The Balaban J connectivity index is 2.92. The summed E-state index contributed by atoms with van der Waals surface area (Å²) in [5.41, 5.74) is 2.29. The highest BCUT2D eigenvalue weighted by molar-refractivity contribution is 7.84. The molecule has 104 valence electrons. The van der Waals surface area contributed by atoms with Gasteiger partial charge in [0.25, 0.3) is 11.6 Å². The van der Waals surface area contributed by atoms with Crippen molar-refractivity contribution in [2.75, 3.05) is 24.0 Å². The van der Waals surface area contributed by atoms with Crippen molar-refractivity contribution >= 4 is 28.1 Å². The molecule has 1 atom stereocenters. The largest absolute Gasteiger partial charge is 0.351 e. The van der Waals surface area contributed by atoms with Gasteiger partial charge < -0.3 is 10.7 Å². The number of carbonyl (C=O) groups excluding carboxylic acids is 1. The molecule has 0 saturated heterocycles. The number of nitro benzene ring substituents is 1. The molecule has 0 aliphatic rings. The second-order valence-corrected chi connectivity index (χ2v) is 5.22. The van der Waals surface area contributed by atoms with Crippen LogP contribution in [0.5, 0.6) is 0 Å². The Hall–Kier alpha value is -2.00. The maximum atomic E-state index is 11.8. The number of hydrogen-bond donors (Lipinski definition) is 3. The van der Waals surface area contributed by atoms with Crippen LogP contribution in [0, 0.1) is 10.1 Å². The van der Waals surface area contributed by atoms with Gasteiger partial charge in [0, 0.05) is 41.1 Å². The zero-order valence-electron chi connectivity index (χ0n) is 10.2. The van der Waals surface area contributed by atoms with Crippen LogP contribution in [0.15, 0.2) is 18.2 Å².